The van der Waals surface area contributed by atoms with Crippen molar-refractivity contribution in [2.45, 2.75) is 26.0 Å². The summed E-state index contributed by atoms with van der Waals surface area (Å²) in [6.45, 7) is 4.65. The SMILES string of the molecule is CC(C)[NH2+]C[C@@H](O)c1ccc([N+](=O)[O-])cc1. The molecule has 0 unspecified atom stereocenters. The number of non-ortho nitro benzene ring substituents is 1. The van der Waals surface area contributed by atoms with Crippen LogP contribution in [0.15, 0.2) is 24.3 Å². The van der Waals surface area contributed by atoms with E-state index in [4.69, 9.17) is 0 Å². The van der Waals surface area contributed by atoms with Gasteiger partial charge in [0.1, 0.15) is 12.6 Å². The minimum atomic E-state index is -0.580. The lowest BCUT2D eigenvalue weighted by Gasteiger charge is -2.11. The first-order valence-electron chi connectivity index (χ1n) is 5.26. The lowest BCUT2D eigenvalue weighted by Crippen LogP contribution is -2.89. The molecule has 0 saturated carbocycles. The van der Waals surface area contributed by atoms with Crippen LogP contribution in [0.5, 0.6) is 0 Å². The van der Waals surface area contributed by atoms with Crippen molar-refractivity contribution < 1.29 is 15.3 Å². The number of hydrogen-bond acceptors (Lipinski definition) is 3. The molecule has 3 N–H and O–H groups in total. The molecule has 0 aliphatic carbocycles. The molecule has 0 amide bonds. The zero-order valence-corrected chi connectivity index (χ0v) is 9.46. The third kappa shape index (κ3) is 3.60. The van der Waals surface area contributed by atoms with Gasteiger partial charge in [-0.15, -0.1) is 0 Å². The van der Waals surface area contributed by atoms with E-state index < -0.39 is 11.0 Å². The quantitative estimate of drug-likeness (QED) is 0.569. The van der Waals surface area contributed by atoms with Crippen molar-refractivity contribution in [1.29, 1.82) is 0 Å². The Labute approximate surface area is 94.3 Å². The first-order chi connectivity index (χ1) is 7.50. The summed E-state index contributed by atoms with van der Waals surface area (Å²) in [5.41, 5.74) is 0.756. The summed E-state index contributed by atoms with van der Waals surface area (Å²) in [5, 5.41) is 22.3. The molecular weight excluding hydrogens is 208 g/mol. The highest BCUT2D eigenvalue weighted by atomic mass is 16.6. The number of rotatable bonds is 5. The van der Waals surface area contributed by atoms with E-state index in [0.29, 0.717) is 18.2 Å². The summed E-state index contributed by atoms with van der Waals surface area (Å²) in [4.78, 5) is 9.99. The molecule has 1 rings (SSSR count). The highest BCUT2D eigenvalue weighted by Crippen LogP contribution is 2.16. The van der Waals surface area contributed by atoms with E-state index in [0.717, 1.165) is 0 Å². The number of nitrogens with two attached hydrogens (primary N) is 1. The standard InChI is InChI=1S/C11H16N2O3/c1-8(2)12-7-11(14)9-3-5-10(6-4-9)13(15)16/h3-6,8,11-12,14H,7H2,1-2H3/p+1/t11-/m1/s1. The van der Waals surface area contributed by atoms with Crippen molar-refractivity contribution in [3.63, 3.8) is 0 Å². The summed E-state index contributed by atoms with van der Waals surface area (Å²) < 4.78 is 0. The summed E-state index contributed by atoms with van der Waals surface area (Å²) in [7, 11) is 0. The first kappa shape index (κ1) is 12.6. The van der Waals surface area contributed by atoms with E-state index in [1.54, 1.807) is 12.1 Å². The highest BCUT2D eigenvalue weighted by molar-refractivity contribution is 5.33. The second kappa shape index (κ2) is 5.58. The molecule has 5 nitrogen and oxygen atoms in total. The van der Waals surface area contributed by atoms with Gasteiger partial charge < -0.3 is 10.4 Å². The Morgan fingerprint density at radius 3 is 2.38 bits per heavy atom. The Bertz CT molecular complexity index is 349. The molecule has 0 aliphatic heterocycles. The van der Waals surface area contributed by atoms with Gasteiger partial charge in [-0.05, 0) is 31.5 Å². The fourth-order valence-corrected chi connectivity index (χ4v) is 1.36. The van der Waals surface area contributed by atoms with E-state index >= 15 is 0 Å². The van der Waals surface area contributed by atoms with Gasteiger partial charge in [-0.1, -0.05) is 0 Å². The van der Waals surface area contributed by atoms with Gasteiger partial charge in [0.2, 0.25) is 0 Å². The van der Waals surface area contributed by atoms with Crippen LogP contribution in [0.1, 0.15) is 25.5 Å². The molecule has 0 saturated heterocycles. The monoisotopic (exact) mass is 225 g/mol. The van der Waals surface area contributed by atoms with Gasteiger partial charge >= 0.3 is 0 Å². The molecule has 1 aromatic carbocycles. The smallest absolute Gasteiger partial charge is 0.269 e. The Balaban J connectivity index is 2.63. The van der Waals surface area contributed by atoms with Crippen molar-refractivity contribution in [3.8, 4) is 0 Å². The third-order valence-electron chi connectivity index (χ3n) is 2.32. The Morgan fingerprint density at radius 2 is 1.94 bits per heavy atom. The molecule has 16 heavy (non-hydrogen) atoms. The minimum absolute atomic E-state index is 0.0452. The molecule has 0 spiro atoms. The number of quaternary nitrogens is 1. The Morgan fingerprint density at radius 1 is 1.38 bits per heavy atom. The maximum Gasteiger partial charge on any atom is 0.269 e. The Hall–Kier alpha value is -1.46. The van der Waals surface area contributed by atoms with Crippen molar-refractivity contribution in [3.05, 3.63) is 39.9 Å². The highest BCUT2D eigenvalue weighted by Gasteiger charge is 2.12. The maximum atomic E-state index is 10.4. The number of aliphatic hydroxyl groups excluding tert-OH is 1. The molecule has 88 valence electrons. The van der Waals surface area contributed by atoms with E-state index in [2.05, 4.69) is 0 Å². The van der Waals surface area contributed by atoms with E-state index in [1.807, 2.05) is 19.2 Å². The minimum Gasteiger partial charge on any atom is -0.382 e. The summed E-state index contributed by atoms with van der Waals surface area (Å²) in [6.07, 6.45) is -0.580. The normalized spacial score (nSPS) is 12.8. The summed E-state index contributed by atoms with van der Waals surface area (Å²) >= 11 is 0. The largest absolute Gasteiger partial charge is 0.382 e. The van der Waals surface area contributed by atoms with Gasteiger partial charge in [-0.2, -0.15) is 0 Å². The maximum absolute atomic E-state index is 10.4. The zero-order valence-electron chi connectivity index (χ0n) is 9.46. The fraction of sp³-hybridized carbons (Fsp3) is 0.455. The van der Waals surface area contributed by atoms with Crippen LogP contribution in [0.4, 0.5) is 5.69 Å². The van der Waals surface area contributed by atoms with Gasteiger partial charge in [0.25, 0.3) is 5.69 Å². The van der Waals surface area contributed by atoms with Crippen LogP contribution in [-0.4, -0.2) is 22.6 Å². The van der Waals surface area contributed by atoms with Gasteiger partial charge in [-0.25, -0.2) is 0 Å². The average molecular weight is 225 g/mol. The summed E-state index contributed by atoms with van der Waals surface area (Å²) in [5.74, 6) is 0. The first-order valence-corrected chi connectivity index (χ1v) is 5.26. The number of benzene rings is 1. The molecule has 0 aromatic heterocycles. The van der Waals surface area contributed by atoms with Crippen LogP contribution in [-0.2, 0) is 0 Å². The molecule has 0 heterocycles. The molecule has 0 radical (unpaired) electrons. The van der Waals surface area contributed by atoms with Gasteiger partial charge in [0, 0.05) is 12.1 Å². The Kier molecular flexibility index (Phi) is 4.39. The van der Waals surface area contributed by atoms with Crippen LogP contribution < -0.4 is 5.32 Å². The second-order valence-corrected chi connectivity index (χ2v) is 4.08. The van der Waals surface area contributed by atoms with E-state index in [1.165, 1.54) is 12.1 Å². The number of aliphatic hydroxyl groups is 1. The number of nitrogens with zero attached hydrogens (tertiary/aromatic N) is 1. The molecule has 0 bridgehead atoms. The molecule has 0 fully saturated rings. The molecule has 1 aromatic rings. The zero-order chi connectivity index (χ0) is 12.1. The van der Waals surface area contributed by atoms with Crippen LogP contribution >= 0.6 is 0 Å². The molecule has 5 heteroatoms. The van der Waals surface area contributed by atoms with E-state index in [9.17, 15) is 15.2 Å². The predicted molar refractivity (Wildman–Crippen MR) is 60.0 cm³/mol. The third-order valence-corrected chi connectivity index (χ3v) is 2.32. The van der Waals surface area contributed by atoms with Gasteiger partial charge in [0.05, 0.1) is 11.0 Å². The van der Waals surface area contributed by atoms with Crippen LogP contribution in [0.25, 0.3) is 0 Å². The molecule has 1 atom stereocenters. The predicted octanol–water partition coefficient (Wildman–Crippen LogP) is 0.600. The number of nitro groups is 1. The lowest BCUT2D eigenvalue weighted by molar-refractivity contribution is -0.689. The van der Waals surface area contributed by atoms with Crippen molar-refractivity contribution in [1.82, 2.24) is 0 Å². The van der Waals surface area contributed by atoms with Crippen LogP contribution in [0.3, 0.4) is 0 Å². The number of hydrogen-bond donors (Lipinski definition) is 2. The molecule has 0 aliphatic rings. The van der Waals surface area contributed by atoms with Crippen LogP contribution in [0.2, 0.25) is 0 Å². The molecular formula is C11H17N2O3+. The van der Waals surface area contributed by atoms with Gasteiger partial charge in [0.15, 0.2) is 0 Å². The van der Waals surface area contributed by atoms with Crippen molar-refractivity contribution in [2.24, 2.45) is 0 Å². The second-order valence-electron chi connectivity index (χ2n) is 4.08. The lowest BCUT2D eigenvalue weighted by atomic mass is 10.1. The summed E-state index contributed by atoms with van der Waals surface area (Å²) in [6, 6.07) is 6.43. The van der Waals surface area contributed by atoms with Crippen molar-refractivity contribution in [2.75, 3.05) is 6.54 Å². The topological polar surface area (TPSA) is 80.0 Å². The fourth-order valence-electron chi connectivity index (χ4n) is 1.36. The van der Waals surface area contributed by atoms with Gasteiger partial charge in [-0.3, -0.25) is 10.1 Å². The average Bonchev–Trinajstić information content (AvgIpc) is 2.26. The van der Waals surface area contributed by atoms with Crippen molar-refractivity contribution >= 4 is 5.69 Å². The number of nitro benzene ring substituents is 1. The van der Waals surface area contributed by atoms with E-state index in [-0.39, 0.29) is 5.69 Å². The van der Waals surface area contributed by atoms with Crippen LogP contribution in [0, 0.1) is 10.1 Å².